The van der Waals surface area contributed by atoms with E-state index in [9.17, 15) is 9.59 Å². The van der Waals surface area contributed by atoms with Crippen LogP contribution in [0.25, 0.3) is 0 Å². The molecule has 0 spiro atoms. The van der Waals surface area contributed by atoms with Crippen LogP contribution in [0.5, 0.6) is 0 Å². The topological polar surface area (TPSA) is 127 Å². The minimum Gasteiger partial charge on any atom is -0.317 e. The van der Waals surface area contributed by atoms with Crippen LogP contribution in [0, 0.1) is 13.8 Å². The molecular weight excluding hydrogens is 426 g/mol. The largest absolute Gasteiger partial charge is 0.317 e. The normalized spacial score (nSPS) is 21.9. The second-order valence-corrected chi connectivity index (χ2v) is 10.5. The highest BCUT2D eigenvalue weighted by atomic mass is 32.2. The van der Waals surface area contributed by atoms with Gasteiger partial charge in [0.15, 0.2) is 4.34 Å². The van der Waals surface area contributed by atoms with E-state index in [1.54, 1.807) is 11.8 Å². The molecule has 3 N–H and O–H groups in total. The standard InChI is InChI=1S/C14H15N7O2S4/c1-5-17-19-13(26-5)16-10(22)9-7(4-25-14-20-18-6(2)27-14)3-24-12-8(15)11(23)21(9)12/h8,12H,3-4,15H2,1-2H3,(H,16,19,22). The summed E-state index contributed by atoms with van der Waals surface area (Å²) in [6.07, 6.45) is 0. The molecule has 2 amide bonds. The van der Waals surface area contributed by atoms with Crippen molar-refractivity contribution < 1.29 is 9.59 Å². The van der Waals surface area contributed by atoms with Crippen LogP contribution in [0.2, 0.25) is 0 Å². The zero-order valence-corrected chi connectivity index (χ0v) is 17.6. The van der Waals surface area contributed by atoms with Gasteiger partial charge in [0.05, 0.1) is 0 Å². The number of hydrogen-bond donors (Lipinski definition) is 2. The highest BCUT2D eigenvalue weighted by Crippen LogP contribution is 2.41. The Kier molecular flexibility index (Phi) is 5.20. The fraction of sp³-hybridized carbons (Fsp3) is 0.429. The van der Waals surface area contributed by atoms with Crippen molar-refractivity contribution in [3.63, 3.8) is 0 Å². The smallest absolute Gasteiger partial charge is 0.274 e. The van der Waals surface area contributed by atoms with Gasteiger partial charge in [-0.15, -0.1) is 32.2 Å². The summed E-state index contributed by atoms with van der Waals surface area (Å²) in [5.74, 6) is 0.580. The number of carbonyl (C=O) groups excluding carboxylic acids is 2. The van der Waals surface area contributed by atoms with Crippen molar-refractivity contribution in [3.8, 4) is 0 Å². The molecule has 2 aliphatic heterocycles. The zero-order valence-electron chi connectivity index (χ0n) is 14.3. The maximum atomic E-state index is 12.9. The Morgan fingerprint density at radius 3 is 2.67 bits per heavy atom. The molecule has 9 nitrogen and oxygen atoms in total. The number of β-lactam (4-membered cyclic amide) rings is 1. The first-order valence-corrected chi connectivity index (χ1v) is 11.6. The molecule has 0 bridgehead atoms. The maximum absolute atomic E-state index is 12.9. The van der Waals surface area contributed by atoms with Crippen LogP contribution in [0.3, 0.4) is 0 Å². The molecule has 0 aromatic carbocycles. The van der Waals surface area contributed by atoms with Crippen LogP contribution >= 0.6 is 46.2 Å². The molecule has 2 aromatic rings. The molecule has 4 heterocycles. The molecule has 2 aromatic heterocycles. The summed E-state index contributed by atoms with van der Waals surface area (Å²) >= 11 is 5.87. The fourth-order valence-corrected chi connectivity index (χ4v) is 6.53. The van der Waals surface area contributed by atoms with E-state index >= 15 is 0 Å². The van der Waals surface area contributed by atoms with E-state index in [0.717, 1.165) is 19.9 Å². The number of nitrogens with two attached hydrogens (primary N) is 1. The van der Waals surface area contributed by atoms with E-state index in [2.05, 4.69) is 25.7 Å². The Morgan fingerprint density at radius 1 is 1.26 bits per heavy atom. The molecule has 0 aliphatic carbocycles. The lowest BCUT2D eigenvalue weighted by atomic mass is 10.0. The number of fused-ring (bicyclic) bond motifs is 1. The van der Waals surface area contributed by atoms with E-state index in [4.69, 9.17) is 5.73 Å². The fourth-order valence-electron chi connectivity index (χ4n) is 2.70. The van der Waals surface area contributed by atoms with Crippen LogP contribution in [0.4, 0.5) is 5.13 Å². The maximum Gasteiger partial charge on any atom is 0.274 e. The van der Waals surface area contributed by atoms with Crippen LogP contribution in [0.15, 0.2) is 15.6 Å². The molecule has 13 heteroatoms. The molecule has 4 rings (SSSR count). The van der Waals surface area contributed by atoms with Crippen molar-refractivity contribution in [3.05, 3.63) is 21.3 Å². The lowest BCUT2D eigenvalue weighted by molar-refractivity contribution is -0.143. The highest BCUT2D eigenvalue weighted by Gasteiger charge is 2.51. The SMILES string of the molecule is Cc1nnc(NC(=O)C2=C(CSc3nnc(C)s3)CSC3C(N)C(=O)N23)s1. The summed E-state index contributed by atoms with van der Waals surface area (Å²) in [7, 11) is 0. The Balaban J connectivity index is 1.59. The van der Waals surface area contributed by atoms with Gasteiger partial charge in [0.2, 0.25) is 11.0 Å². The number of aryl methyl sites for hydroxylation is 2. The van der Waals surface area contributed by atoms with Gasteiger partial charge >= 0.3 is 0 Å². The number of nitrogens with one attached hydrogen (secondary N) is 1. The first-order chi connectivity index (χ1) is 12.9. The second-order valence-electron chi connectivity index (χ2n) is 5.84. The van der Waals surface area contributed by atoms with Gasteiger partial charge in [-0.3, -0.25) is 19.8 Å². The van der Waals surface area contributed by atoms with Gasteiger partial charge in [-0.1, -0.05) is 34.4 Å². The average Bonchev–Trinajstić information content (AvgIpc) is 3.26. The molecule has 142 valence electrons. The number of anilines is 1. The molecule has 2 atom stereocenters. The van der Waals surface area contributed by atoms with Crippen molar-refractivity contribution in [2.45, 2.75) is 29.6 Å². The lowest BCUT2D eigenvalue weighted by Crippen LogP contribution is -2.68. The third-order valence-electron chi connectivity index (χ3n) is 3.93. The first-order valence-electron chi connectivity index (χ1n) is 7.90. The summed E-state index contributed by atoms with van der Waals surface area (Å²) in [6.45, 7) is 3.70. The third-order valence-corrected chi connectivity index (χ3v) is 8.10. The molecule has 1 saturated heterocycles. The number of carbonyl (C=O) groups is 2. The average molecular weight is 442 g/mol. The summed E-state index contributed by atoms with van der Waals surface area (Å²) in [4.78, 5) is 26.8. The van der Waals surface area contributed by atoms with E-state index in [-0.39, 0.29) is 17.2 Å². The number of hydrogen-bond acceptors (Lipinski definition) is 11. The third kappa shape index (κ3) is 3.61. The summed E-state index contributed by atoms with van der Waals surface area (Å²) < 4.78 is 0.832. The van der Waals surface area contributed by atoms with Crippen molar-refractivity contribution in [2.24, 2.45) is 5.73 Å². The molecule has 27 heavy (non-hydrogen) atoms. The number of rotatable bonds is 5. The van der Waals surface area contributed by atoms with Crippen LogP contribution in [0.1, 0.15) is 10.0 Å². The van der Waals surface area contributed by atoms with Gasteiger partial charge in [0.1, 0.15) is 27.1 Å². The molecule has 2 aliphatic rings. The number of nitrogens with zero attached hydrogens (tertiary/aromatic N) is 5. The van der Waals surface area contributed by atoms with Gasteiger partial charge in [-0.05, 0) is 19.4 Å². The van der Waals surface area contributed by atoms with Crippen LogP contribution < -0.4 is 11.1 Å². The molecule has 0 radical (unpaired) electrons. The Morgan fingerprint density at radius 2 is 2.00 bits per heavy atom. The van der Waals surface area contributed by atoms with Crippen molar-refractivity contribution in [1.82, 2.24) is 25.3 Å². The van der Waals surface area contributed by atoms with Gasteiger partial charge in [-0.2, -0.15) is 0 Å². The van der Waals surface area contributed by atoms with E-state index in [1.165, 1.54) is 39.3 Å². The summed E-state index contributed by atoms with van der Waals surface area (Å²) in [5.41, 5.74) is 7.14. The van der Waals surface area contributed by atoms with Crippen molar-refractivity contribution in [1.29, 1.82) is 0 Å². The predicted molar refractivity (Wildman–Crippen MR) is 107 cm³/mol. The quantitative estimate of drug-likeness (QED) is 0.520. The first kappa shape index (κ1) is 18.8. The monoisotopic (exact) mass is 441 g/mol. The van der Waals surface area contributed by atoms with Gasteiger partial charge in [-0.25, -0.2) is 0 Å². The summed E-state index contributed by atoms with van der Waals surface area (Å²) in [6, 6.07) is -0.568. The minimum absolute atomic E-state index is 0.202. The summed E-state index contributed by atoms with van der Waals surface area (Å²) in [5, 5.41) is 20.5. The van der Waals surface area contributed by atoms with Crippen LogP contribution in [-0.4, -0.2) is 60.0 Å². The second kappa shape index (κ2) is 7.47. The zero-order chi connectivity index (χ0) is 19.1. The number of amides is 2. The van der Waals surface area contributed by atoms with Gasteiger partial charge in [0, 0.05) is 11.5 Å². The van der Waals surface area contributed by atoms with E-state index in [1.807, 2.05) is 13.8 Å². The molecule has 1 fully saturated rings. The Bertz CT molecular complexity index is 940. The lowest BCUT2D eigenvalue weighted by Gasteiger charge is -2.48. The Hall–Kier alpha value is -1.54. The predicted octanol–water partition coefficient (Wildman–Crippen LogP) is 1.23. The Labute approximate surface area is 171 Å². The molecule has 2 unspecified atom stereocenters. The minimum atomic E-state index is -0.568. The highest BCUT2D eigenvalue weighted by molar-refractivity contribution is 8.01. The van der Waals surface area contributed by atoms with Crippen LogP contribution in [-0.2, 0) is 9.59 Å². The van der Waals surface area contributed by atoms with Crippen molar-refractivity contribution in [2.75, 3.05) is 16.8 Å². The van der Waals surface area contributed by atoms with Gasteiger partial charge < -0.3 is 5.73 Å². The van der Waals surface area contributed by atoms with Gasteiger partial charge in [0.25, 0.3) is 5.91 Å². The number of aromatic nitrogens is 4. The van der Waals surface area contributed by atoms with E-state index < -0.39 is 6.04 Å². The van der Waals surface area contributed by atoms with Crippen molar-refractivity contribution >= 4 is 63.1 Å². The number of thioether (sulfide) groups is 2. The molecular formula is C14H15N7O2S4. The van der Waals surface area contributed by atoms with E-state index in [0.29, 0.717) is 22.3 Å². The molecule has 0 saturated carbocycles.